The molecule has 2 aliphatic heterocycles. The molecule has 2 amide bonds. The maximum atomic E-state index is 15.6. The van der Waals surface area contributed by atoms with Crippen LogP contribution < -0.4 is 18.5 Å². The number of nitrogens with zero attached hydrogens (tertiary/aromatic N) is 2. The van der Waals surface area contributed by atoms with Crippen molar-refractivity contribution in [1.29, 1.82) is 0 Å². The van der Waals surface area contributed by atoms with Crippen molar-refractivity contribution < 1.29 is 36.6 Å². The van der Waals surface area contributed by atoms with Gasteiger partial charge in [0.1, 0.15) is 35.9 Å². The van der Waals surface area contributed by atoms with E-state index < -0.39 is 40.2 Å². The van der Waals surface area contributed by atoms with Crippen molar-refractivity contribution in [1.82, 2.24) is 9.62 Å². The highest BCUT2D eigenvalue weighted by molar-refractivity contribution is 7.92. The fourth-order valence-corrected chi connectivity index (χ4v) is 5.62. The van der Waals surface area contributed by atoms with E-state index in [4.69, 9.17) is 14.2 Å². The molecule has 0 aromatic heterocycles. The maximum Gasteiger partial charge on any atom is 0.410 e. The number of hydrogen-bond donors (Lipinski definition) is 1. The second-order valence-corrected chi connectivity index (χ2v) is 11.9. The predicted octanol–water partition coefficient (Wildman–Crippen LogP) is 3.71. The Bertz CT molecular complexity index is 1310. The van der Waals surface area contributed by atoms with Crippen LogP contribution in [-0.4, -0.2) is 57.7 Å². The number of piperidine rings is 1. The van der Waals surface area contributed by atoms with Gasteiger partial charge in [-0.1, -0.05) is 12.1 Å². The van der Waals surface area contributed by atoms with E-state index in [-0.39, 0.29) is 24.0 Å². The van der Waals surface area contributed by atoms with Crippen molar-refractivity contribution in [2.45, 2.75) is 51.7 Å². The standard InChI is InChI=1S/C26H32FN3O7S/c1-26(2,3)37-25(32)29-11-5-6-18(14-29)19-12-21(27)24(30-15-23(31)28-38(30,33)34)22(13-19)36-16-17-7-9-20(35-4)10-8-17/h7-10,12-13,18H,5-6,11,14-16H2,1-4H3,(H,28,31). The monoisotopic (exact) mass is 549 g/mol. The largest absolute Gasteiger partial charge is 0.497 e. The first-order chi connectivity index (χ1) is 17.9. The minimum Gasteiger partial charge on any atom is -0.497 e. The third-order valence-electron chi connectivity index (χ3n) is 6.22. The number of halogens is 1. The Kier molecular flexibility index (Phi) is 7.73. The van der Waals surface area contributed by atoms with Gasteiger partial charge >= 0.3 is 16.3 Å². The molecule has 0 saturated carbocycles. The number of amides is 2. The first kappa shape index (κ1) is 27.5. The first-order valence-corrected chi connectivity index (χ1v) is 13.7. The van der Waals surface area contributed by atoms with Crippen LogP contribution in [0.2, 0.25) is 0 Å². The second-order valence-electron chi connectivity index (χ2n) is 10.3. The Labute approximate surface area is 221 Å². The van der Waals surface area contributed by atoms with Gasteiger partial charge in [-0.25, -0.2) is 18.2 Å². The quantitative estimate of drug-likeness (QED) is 0.584. The molecule has 1 atom stereocenters. The number of anilines is 1. The molecule has 2 heterocycles. The maximum absolute atomic E-state index is 15.6. The third-order valence-corrected chi connectivity index (χ3v) is 7.60. The van der Waals surface area contributed by atoms with E-state index in [1.54, 1.807) is 63.1 Å². The number of likely N-dealkylation sites (tertiary alicyclic amines) is 1. The van der Waals surface area contributed by atoms with Gasteiger partial charge in [-0.15, -0.1) is 0 Å². The minimum absolute atomic E-state index is 0.0177. The summed E-state index contributed by atoms with van der Waals surface area (Å²) in [5, 5.41) is 0. The molecule has 0 aliphatic carbocycles. The van der Waals surface area contributed by atoms with Crippen molar-refractivity contribution in [3.63, 3.8) is 0 Å². The Morgan fingerprint density at radius 2 is 1.89 bits per heavy atom. The molecule has 1 N–H and O–H groups in total. The van der Waals surface area contributed by atoms with E-state index in [0.717, 1.165) is 5.56 Å². The van der Waals surface area contributed by atoms with Gasteiger partial charge < -0.3 is 19.1 Å². The van der Waals surface area contributed by atoms with E-state index >= 15 is 4.39 Å². The van der Waals surface area contributed by atoms with Crippen molar-refractivity contribution in [2.75, 3.05) is 31.0 Å². The van der Waals surface area contributed by atoms with Crippen LogP contribution in [0.1, 0.15) is 50.7 Å². The van der Waals surface area contributed by atoms with E-state index in [1.807, 2.05) is 4.72 Å². The molecular formula is C26H32FN3O7S. The minimum atomic E-state index is -4.27. The molecule has 38 heavy (non-hydrogen) atoms. The molecule has 2 aliphatic rings. The average Bonchev–Trinajstić information content (AvgIpc) is 3.12. The Morgan fingerprint density at radius 1 is 1.18 bits per heavy atom. The van der Waals surface area contributed by atoms with E-state index in [2.05, 4.69) is 0 Å². The zero-order valence-corrected chi connectivity index (χ0v) is 22.6. The topological polar surface area (TPSA) is 114 Å². The number of ether oxygens (including phenoxy) is 3. The van der Waals surface area contributed by atoms with Gasteiger partial charge in [-0.3, -0.25) is 4.79 Å². The molecule has 4 rings (SSSR count). The highest BCUT2D eigenvalue weighted by Gasteiger charge is 2.38. The molecule has 2 fully saturated rings. The van der Waals surface area contributed by atoms with Gasteiger partial charge in [0.05, 0.1) is 7.11 Å². The summed E-state index contributed by atoms with van der Waals surface area (Å²) in [5.74, 6) is -1.21. The lowest BCUT2D eigenvalue weighted by molar-refractivity contribution is -0.117. The van der Waals surface area contributed by atoms with Crippen molar-refractivity contribution in [2.24, 2.45) is 0 Å². The zero-order valence-electron chi connectivity index (χ0n) is 21.8. The Balaban J connectivity index is 1.65. The summed E-state index contributed by atoms with van der Waals surface area (Å²) < 4.78 is 59.9. The molecule has 0 radical (unpaired) electrons. The van der Waals surface area contributed by atoms with Gasteiger partial charge in [-0.05, 0) is 69.0 Å². The fourth-order valence-electron chi connectivity index (χ4n) is 4.45. The summed E-state index contributed by atoms with van der Waals surface area (Å²) in [4.78, 5) is 26.1. The predicted molar refractivity (Wildman–Crippen MR) is 138 cm³/mol. The Hall–Kier alpha value is -3.54. The van der Waals surface area contributed by atoms with Crippen LogP contribution in [0.5, 0.6) is 11.5 Å². The van der Waals surface area contributed by atoms with Gasteiger partial charge in [0, 0.05) is 19.0 Å². The van der Waals surface area contributed by atoms with Crippen LogP contribution in [0, 0.1) is 5.82 Å². The summed E-state index contributed by atoms with van der Waals surface area (Å²) >= 11 is 0. The number of nitrogens with one attached hydrogen (secondary N) is 1. The zero-order chi connectivity index (χ0) is 27.7. The number of carbonyl (C=O) groups excluding carboxylic acids is 2. The smallest absolute Gasteiger partial charge is 0.410 e. The molecule has 0 bridgehead atoms. The average molecular weight is 550 g/mol. The molecular weight excluding hydrogens is 517 g/mol. The van der Waals surface area contributed by atoms with Crippen LogP contribution in [0.15, 0.2) is 36.4 Å². The van der Waals surface area contributed by atoms with Gasteiger partial charge in [0.2, 0.25) is 0 Å². The highest BCUT2D eigenvalue weighted by Crippen LogP contribution is 2.39. The van der Waals surface area contributed by atoms with E-state index in [1.165, 1.54) is 6.07 Å². The molecule has 206 valence electrons. The van der Waals surface area contributed by atoms with Gasteiger partial charge in [0.15, 0.2) is 5.82 Å². The van der Waals surface area contributed by atoms with Crippen molar-refractivity contribution >= 4 is 27.9 Å². The summed E-state index contributed by atoms with van der Waals surface area (Å²) in [7, 11) is -2.72. The van der Waals surface area contributed by atoms with E-state index in [0.29, 0.717) is 41.5 Å². The number of rotatable bonds is 6. The van der Waals surface area contributed by atoms with Crippen LogP contribution >= 0.6 is 0 Å². The third kappa shape index (κ3) is 6.29. The van der Waals surface area contributed by atoms with E-state index in [9.17, 15) is 18.0 Å². The Morgan fingerprint density at radius 3 is 2.50 bits per heavy atom. The van der Waals surface area contributed by atoms with Crippen LogP contribution in [0.25, 0.3) is 0 Å². The molecule has 2 aromatic carbocycles. The van der Waals surface area contributed by atoms with Gasteiger partial charge in [0.25, 0.3) is 5.91 Å². The lowest BCUT2D eigenvalue weighted by atomic mass is 9.90. The first-order valence-electron chi connectivity index (χ1n) is 12.3. The van der Waals surface area contributed by atoms with Crippen LogP contribution in [0.4, 0.5) is 14.9 Å². The SMILES string of the molecule is COc1ccc(COc2cc(C3CCCN(C(=O)OC(C)(C)C)C3)cc(F)c2N2CC(=O)NS2(=O)=O)cc1. The fraction of sp³-hybridized carbons (Fsp3) is 0.462. The van der Waals surface area contributed by atoms with Crippen molar-refractivity contribution in [3.05, 3.63) is 53.3 Å². The highest BCUT2D eigenvalue weighted by atomic mass is 32.2. The van der Waals surface area contributed by atoms with Crippen molar-refractivity contribution in [3.8, 4) is 11.5 Å². The van der Waals surface area contributed by atoms with Crippen LogP contribution in [-0.2, 0) is 26.3 Å². The molecule has 1 unspecified atom stereocenters. The summed E-state index contributed by atoms with van der Waals surface area (Å²) in [6.45, 7) is 5.66. The van der Waals surface area contributed by atoms with Crippen LogP contribution in [0.3, 0.4) is 0 Å². The summed E-state index contributed by atoms with van der Waals surface area (Å²) in [5.41, 5.74) is 0.308. The normalized spacial score (nSPS) is 19.2. The van der Waals surface area contributed by atoms with Gasteiger partial charge in [-0.2, -0.15) is 8.42 Å². The number of hydrogen-bond acceptors (Lipinski definition) is 7. The number of carbonyl (C=O) groups is 2. The molecule has 2 saturated heterocycles. The second kappa shape index (κ2) is 10.7. The molecule has 12 heteroatoms. The number of benzene rings is 2. The summed E-state index contributed by atoms with van der Waals surface area (Å²) in [6.07, 6.45) is 0.940. The molecule has 10 nitrogen and oxygen atoms in total. The molecule has 0 spiro atoms. The lowest BCUT2D eigenvalue weighted by Gasteiger charge is -2.34. The molecule has 2 aromatic rings. The lowest BCUT2D eigenvalue weighted by Crippen LogP contribution is -2.42. The number of methoxy groups -OCH3 is 1. The summed E-state index contributed by atoms with van der Waals surface area (Å²) in [6, 6.07) is 9.88.